The van der Waals surface area contributed by atoms with Crippen LogP contribution in [0.25, 0.3) is 32.8 Å². The highest BCUT2D eigenvalue weighted by atomic mass is 32.2. The fourth-order valence-corrected chi connectivity index (χ4v) is 9.95. The number of halogens is 3. The molecule has 0 amide bonds. The molecular formula is C34H31F3N4O3S. The first-order valence-electron chi connectivity index (χ1n) is 15.3. The van der Waals surface area contributed by atoms with Crippen LogP contribution in [-0.4, -0.2) is 79.5 Å². The normalized spacial score (nSPS) is 27.8. The van der Waals surface area contributed by atoms with Crippen molar-refractivity contribution >= 4 is 38.7 Å². The molecule has 7 nitrogen and oxygen atoms in total. The minimum absolute atomic E-state index is 0.00253. The summed E-state index contributed by atoms with van der Waals surface area (Å²) in [5.74, 6) is 1.41. The van der Waals surface area contributed by atoms with Crippen LogP contribution in [0.3, 0.4) is 0 Å². The Morgan fingerprint density at radius 2 is 1.89 bits per heavy atom. The summed E-state index contributed by atoms with van der Waals surface area (Å²) in [5.41, 5.74) is -0.175. The third-order valence-electron chi connectivity index (χ3n) is 10.1. The van der Waals surface area contributed by atoms with E-state index in [2.05, 4.69) is 15.8 Å². The molecule has 232 valence electrons. The molecule has 11 heteroatoms. The number of phenolic OH excluding ortho intramolecular Hbond substituents is 1. The van der Waals surface area contributed by atoms with Crippen molar-refractivity contribution < 1.29 is 27.6 Å². The maximum Gasteiger partial charge on any atom is 0.319 e. The molecule has 8 rings (SSSR count). The van der Waals surface area contributed by atoms with Gasteiger partial charge >= 0.3 is 6.01 Å². The molecule has 1 N–H and O–H groups in total. The molecule has 4 saturated heterocycles. The SMILES string of the molecule is C#Cc1c(F)ccc2cc(O)cc(-c3ccc4c(N5C[C@H]6CC[C@@H](C5)[S+]6[O-])nc(OC[C@@]56CCCN5C[C@H](F)C6)nc4c3F)c12. The van der Waals surface area contributed by atoms with E-state index < -0.39 is 34.5 Å². The standard InChI is InChI=1S/C34H31F3N4O3S/c1-2-24-28(36)9-4-19-12-21(42)13-27(29(19)24)25-7-8-26-31(30(25)37)38-33(44-18-34-10-3-11-41(34)15-20(35)14-34)39-32(26)40-16-22-5-6-23(17-40)45(22)43/h1,4,7-9,12-13,20,22-23,42H,3,5-6,10-11,14-18H2/t20-,22-,23+,34+,45?/m1/s1. The molecule has 0 spiro atoms. The number of rotatable bonds is 5. The molecule has 1 aromatic heterocycles. The van der Waals surface area contributed by atoms with Gasteiger partial charge < -0.3 is 19.3 Å². The molecule has 5 atom stereocenters. The molecule has 2 bridgehead atoms. The van der Waals surface area contributed by atoms with Crippen LogP contribution in [0.2, 0.25) is 0 Å². The van der Waals surface area contributed by atoms with Crippen LogP contribution in [0.4, 0.5) is 19.0 Å². The van der Waals surface area contributed by atoms with Crippen molar-refractivity contribution in [1.29, 1.82) is 0 Å². The monoisotopic (exact) mass is 632 g/mol. The average molecular weight is 633 g/mol. The summed E-state index contributed by atoms with van der Waals surface area (Å²) in [6.45, 7) is 2.38. The van der Waals surface area contributed by atoms with Gasteiger partial charge in [0.05, 0.1) is 24.2 Å². The van der Waals surface area contributed by atoms with Crippen LogP contribution >= 0.6 is 0 Å². The van der Waals surface area contributed by atoms with Crippen molar-refractivity contribution in [2.75, 3.05) is 37.7 Å². The largest absolute Gasteiger partial charge is 0.616 e. The van der Waals surface area contributed by atoms with Crippen molar-refractivity contribution in [3.63, 3.8) is 0 Å². The van der Waals surface area contributed by atoms with E-state index in [0.717, 1.165) is 32.2 Å². The maximum atomic E-state index is 16.8. The van der Waals surface area contributed by atoms with E-state index in [1.807, 2.05) is 4.90 Å². The molecule has 45 heavy (non-hydrogen) atoms. The third-order valence-corrected chi connectivity index (χ3v) is 12.2. The molecule has 3 aromatic carbocycles. The maximum absolute atomic E-state index is 16.8. The first-order valence-corrected chi connectivity index (χ1v) is 16.6. The highest BCUT2D eigenvalue weighted by Gasteiger charge is 2.50. The van der Waals surface area contributed by atoms with Gasteiger partial charge in [-0.3, -0.25) is 4.90 Å². The molecule has 4 aliphatic rings. The Hall–Kier alpha value is -3.72. The molecular weight excluding hydrogens is 601 g/mol. The fraction of sp³-hybridized carbons (Fsp3) is 0.412. The van der Waals surface area contributed by atoms with Gasteiger partial charge in [0.25, 0.3) is 0 Å². The van der Waals surface area contributed by atoms with Crippen LogP contribution in [0.1, 0.15) is 37.7 Å². The van der Waals surface area contributed by atoms with Crippen molar-refractivity contribution in [1.82, 2.24) is 14.9 Å². The lowest BCUT2D eigenvalue weighted by molar-refractivity contribution is 0.107. The fourth-order valence-electron chi connectivity index (χ4n) is 8.01. The Labute approximate surface area is 261 Å². The highest BCUT2D eigenvalue weighted by Crippen LogP contribution is 2.43. The summed E-state index contributed by atoms with van der Waals surface area (Å²) < 4.78 is 65.1. The lowest BCUT2D eigenvalue weighted by atomic mass is 9.93. The number of aromatic hydroxyl groups is 1. The van der Waals surface area contributed by atoms with Crippen LogP contribution < -0.4 is 9.64 Å². The Kier molecular flexibility index (Phi) is 6.82. The first kappa shape index (κ1) is 28.7. The third kappa shape index (κ3) is 4.60. The predicted octanol–water partition coefficient (Wildman–Crippen LogP) is 5.47. The second-order valence-corrected chi connectivity index (χ2v) is 14.7. The number of anilines is 1. The summed E-state index contributed by atoms with van der Waals surface area (Å²) in [6.07, 6.45) is 8.59. The topological polar surface area (TPSA) is 84.8 Å². The zero-order valence-electron chi connectivity index (χ0n) is 24.4. The highest BCUT2D eigenvalue weighted by molar-refractivity contribution is 7.93. The molecule has 5 heterocycles. The number of fused-ring (bicyclic) bond motifs is 5. The number of hydrogen-bond acceptors (Lipinski definition) is 7. The van der Waals surface area contributed by atoms with Gasteiger partial charge in [0, 0.05) is 42.1 Å². The van der Waals surface area contributed by atoms with Crippen molar-refractivity contribution in [3.8, 4) is 35.2 Å². The average Bonchev–Trinajstić information content (AvgIpc) is 3.60. The minimum atomic E-state index is -0.929. The Morgan fingerprint density at radius 1 is 1.09 bits per heavy atom. The number of phenols is 1. The molecule has 4 aromatic rings. The summed E-state index contributed by atoms with van der Waals surface area (Å²) >= 11 is -0.921. The predicted molar refractivity (Wildman–Crippen MR) is 168 cm³/mol. The van der Waals surface area contributed by atoms with Gasteiger partial charge in [-0.15, -0.1) is 6.42 Å². The lowest BCUT2D eigenvalue weighted by Gasteiger charge is -2.35. The van der Waals surface area contributed by atoms with E-state index in [1.165, 1.54) is 24.3 Å². The smallest absolute Gasteiger partial charge is 0.319 e. The van der Waals surface area contributed by atoms with Crippen LogP contribution in [0.15, 0.2) is 36.4 Å². The van der Waals surface area contributed by atoms with Crippen molar-refractivity contribution in [3.05, 3.63) is 53.6 Å². The molecule has 4 aliphatic heterocycles. The minimum Gasteiger partial charge on any atom is -0.616 e. The van der Waals surface area contributed by atoms with Crippen molar-refractivity contribution in [2.45, 2.75) is 54.3 Å². The van der Waals surface area contributed by atoms with E-state index in [1.54, 1.807) is 12.1 Å². The number of nitrogens with zero attached hydrogens (tertiary/aromatic N) is 4. The van der Waals surface area contributed by atoms with E-state index in [0.29, 0.717) is 48.0 Å². The summed E-state index contributed by atoms with van der Waals surface area (Å²) in [5, 5.41) is 11.8. The second-order valence-electron chi connectivity index (χ2n) is 12.7. The molecule has 1 unspecified atom stereocenters. The van der Waals surface area contributed by atoms with E-state index in [4.69, 9.17) is 16.1 Å². The Bertz CT molecular complexity index is 1890. The van der Waals surface area contributed by atoms with Crippen LogP contribution in [0, 0.1) is 24.0 Å². The number of benzene rings is 3. The molecule has 4 fully saturated rings. The van der Waals surface area contributed by atoms with Gasteiger partial charge in [-0.25, -0.2) is 13.2 Å². The number of ether oxygens (including phenoxy) is 1. The van der Waals surface area contributed by atoms with E-state index >= 15 is 4.39 Å². The molecule has 0 radical (unpaired) electrons. The zero-order chi connectivity index (χ0) is 31.0. The molecule has 0 aliphatic carbocycles. The van der Waals surface area contributed by atoms with E-state index in [9.17, 15) is 18.4 Å². The summed E-state index contributed by atoms with van der Waals surface area (Å²) in [7, 11) is 0. The number of aromatic nitrogens is 2. The van der Waals surface area contributed by atoms with Gasteiger partial charge in [0.1, 0.15) is 46.2 Å². The van der Waals surface area contributed by atoms with Crippen LogP contribution in [-0.2, 0) is 11.2 Å². The second kappa shape index (κ2) is 10.7. The number of terminal acetylenes is 1. The van der Waals surface area contributed by atoms with Crippen LogP contribution in [0.5, 0.6) is 11.8 Å². The summed E-state index contributed by atoms with van der Waals surface area (Å²) in [4.78, 5) is 13.5. The van der Waals surface area contributed by atoms with Gasteiger partial charge in [-0.2, -0.15) is 9.97 Å². The van der Waals surface area contributed by atoms with Gasteiger partial charge in [-0.05, 0) is 65.8 Å². The first-order chi connectivity index (χ1) is 21.7. The Balaban J connectivity index is 1.28. The van der Waals surface area contributed by atoms with Gasteiger partial charge in [0.2, 0.25) is 0 Å². The quantitative estimate of drug-likeness (QED) is 0.231. The Morgan fingerprint density at radius 3 is 2.67 bits per heavy atom. The zero-order valence-corrected chi connectivity index (χ0v) is 25.3. The summed E-state index contributed by atoms with van der Waals surface area (Å²) in [6, 6.07) is 8.79. The van der Waals surface area contributed by atoms with Gasteiger partial charge in [0.15, 0.2) is 5.82 Å². The van der Waals surface area contributed by atoms with E-state index in [-0.39, 0.29) is 51.1 Å². The number of hydrogen-bond donors (Lipinski definition) is 1. The number of alkyl halides is 1. The van der Waals surface area contributed by atoms with Gasteiger partial charge in [-0.1, -0.05) is 18.1 Å². The molecule has 0 saturated carbocycles. The lowest BCUT2D eigenvalue weighted by Crippen LogP contribution is -2.47. The van der Waals surface area contributed by atoms with Crippen molar-refractivity contribution in [2.24, 2.45) is 0 Å².